The molecule has 0 spiro atoms. The Labute approximate surface area is 150 Å². The molecule has 124 valence electrons. The van der Waals surface area contributed by atoms with Crippen molar-refractivity contribution in [2.75, 3.05) is 11.9 Å². The van der Waals surface area contributed by atoms with Crippen molar-refractivity contribution in [1.82, 2.24) is 15.0 Å². The average molecular weight is 349 g/mol. The van der Waals surface area contributed by atoms with Gasteiger partial charge < -0.3 is 10.3 Å². The van der Waals surface area contributed by atoms with Crippen molar-refractivity contribution in [1.29, 1.82) is 0 Å². The van der Waals surface area contributed by atoms with E-state index in [1.165, 1.54) is 5.56 Å². The summed E-state index contributed by atoms with van der Waals surface area (Å²) in [5, 5.41) is 4.67. The van der Waals surface area contributed by atoms with Crippen molar-refractivity contribution in [2.45, 2.75) is 5.92 Å². The molecule has 25 heavy (non-hydrogen) atoms. The summed E-state index contributed by atoms with van der Waals surface area (Å²) < 4.78 is 0. The molecule has 0 fully saturated rings. The topological polar surface area (TPSA) is 53.6 Å². The Bertz CT molecular complexity index is 968. The lowest BCUT2D eigenvalue weighted by atomic mass is 9.96. The van der Waals surface area contributed by atoms with E-state index in [0.717, 1.165) is 22.4 Å². The van der Waals surface area contributed by atoms with Crippen molar-refractivity contribution < 1.29 is 0 Å². The van der Waals surface area contributed by atoms with Crippen LogP contribution in [0.3, 0.4) is 0 Å². The quantitative estimate of drug-likeness (QED) is 0.507. The Morgan fingerprint density at radius 3 is 2.52 bits per heavy atom. The van der Waals surface area contributed by atoms with Crippen LogP contribution in [0, 0.1) is 0 Å². The number of hydrogen-bond donors (Lipinski definition) is 2. The number of benzene rings is 2. The SMILES string of the molecule is Clc1nc(NCC(c2ccccc2)c2ccc[nH]2)c2ccccc2n1. The molecule has 0 aliphatic carbocycles. The third kappa shape index (κ3) is 3.35. The van der Waals surface area contributed by atoms with Crippen LogP contribution in [0.4, 0.5) is 5.82 Å². The molecular formula is C20H17ClN4. The molecule has 4 aromatic rings. The fraction of sp³-hybridized carbons (Fsp3) is 0.100. The Kier molecular flexibility index (Phi) is 4.36. The first-order valence-corrected chi connectivity index (χ1v) is 8.53. The number of nitrogens with zero attached hydrogens (tertiary/aromatic N) is 2. The average Bonchev–Trinajstić information content (AvgIpc) is 3.17. The van der Waals surface area contributed by atoms with Crippen LogP contribution in [-0.2, 0) is 0 Å². The first-order chi connectivity index (χ1) is 12.3. The Morgan fingerprint density at radius 2 is 1.72 bits per heavy atom. The Balaban J connectivity index is 1.66. The number of H-pyrrole nitrogens is 1. The lowest BCUT2D eigenvalue weighted by Gasteiger charge is -2.18. The van der Waals surface area contributed by atoms with Gasteiger partial charge in [0, 0.05) is 29.7 Å². The standard InChI is InChI=1S/C20H17ClN4/c21-20-24-18-10-5-4-9-15(18)19(25-20)23-13-16(17-11-6-12-22-17)14-7-2-1-3-8-14/h1-12,16,22H,13H2,(H,23,24,25). The second kappa shape index (κ2) is 6.95. The van der Waals surface area contributed by atoms with Gasteiger partial charge in [-0.1, -0.05) is 42.5 Å². The van der Waals surface area contributed by atoms with E-state index in [0.29, 0.717) is 6.54 Å². The van der Waals surface area contributed by atoms with E-state index in [1.54, 1.807) is 0 Å². The number of rotatable bonds is 5. The molecule has 0 bridgehead atoms. The molecule has 5 heteroatoms. The summed E-state index contributed by atoms with van der Waals surface area (Å²) in [7, 11) is 0. The maximum absolute atomic E-state index is 6.09. The van der Waals surface area contributed by atoms with E-state index < -0.39 is 0 Å². The van der Waals surface area contributed by atoms with Crippen LogP contribution < -0.4 is 5.32 Å². The van der Waals surface area contributed by atoms with Crippen LogP contribution in [0.15, 0.2) is 72.9 Å². The summed E-state index contributed by atoms with van der Waals surface area (Å²) in [6, 6.07) is 22.4. The van der Waals surface area contributed by atoms with Crippen molar-refractivity contribution in [3.05, 3.63) is 89.5 Å². The minimum atomic E-state index is 0.184. The molecule has 1 atom stereocenters. The third-order valence-corrected chi connectivity index (χ3v) is 4.42. The molecule has 2 heterocycles. The molecule has 1 unspecified atom stereocenters. The first-order valence-electron chi connectivity index (χ1n) is 8.15. The van der Waals surface area contributed by atoms with Gasteiger partial charge in [-0.05, 0) is 41.4 Å². The van der Waals surface area contributed by atoms with Crippen LogP contribution in [-0.4, -0.2) is 21.5 Å². The zero-order valence-electron chi connectivity index (χ0n) is 13.5. The second-order valence-electron chi connectivity index (χ2n) is 5.83. The van der Waals surface area contributed by atoms with Crippen molar-refractivity contribution in [2.24, 2.45) is 0 Å². The zero-order chi connectivity index (χ0) is 17.1. The minimum absolute atomic E-state index is 0.184. The van der Waals surface area contributed by atoms with Crippen LogP contribution in [0.25, 0.3) is 10.9 Å². The van der Waals surface area contributed by atoms with E-state index >= 15 is 0 Å². The minimum Gasteiger partial charge on any atom is -0.368 e. The summed E-state index contributed by atoms with van der Waals surface area (Å²) in [5.74, 6) is 0.937. The van der Waals surface area contributed by atoms with Crippen molar-refractivity contribution in [3.63, 3.8) is 0 Å². The van der Waals surface area contributed by atoms with E-state index in [-0.39, 0.29) is 11.2 Å². The normalized spacial score (nSPS) is 12.2. The van der Waals surface area contributed by atoms with Gasteiger partial charge in [0.1, 0.15) is 5.82 Å². The van der Waals surface area contributed by atoms with Gasteiger partial charge in [-0.3, -0.25) is 0 Å². The third-order valence-electron chi connectivity index (χ3n) is 4.25. The highest BCUT2D eigenvalue weighted by molar-refractivity contribution is 6.28. The number of nitrogens with one attached hydrogen (secondary N) is 2. The fourth-order valence-electron chi connectivity index (χ4n) is 3.04. The van der Waals surface area contributed by atoms with Gasteiger partial charge in [0.05, 0.1) is 5.52 Å². The number of anilines is 1. The largest absolute Gasteiger partial charge is 0.368 e. The predicted molar refractivity (Wildman–Crippen MR) is 102 cm³/mol. The second-order valence-corrected chi connectivity index (χ2v) is 6.17. The maximum Gasteiger partial charge on any atom is 0.224 e. The number of aromatic nitrogens is 3. The van der Waals surface area contributed by atoms with Gasteiger partial charge in [-0.2, -0.15) is 0 Å². The van der Waals surface area contributed by atoms with E-state index in [1.807, 2.05) is 42.6 Å². The smallest absolute Gasteiger partial charge is 0.224 e. The van der Waals surface area contributed by atoms with Gasteiger partial charge in [0.2, 0.25) is 5.28 Å². The molecule has 2 aromatic carbocycles. The van der Waals surface area contributed by atoms with Crippen LogP contribution >= 0.6 is 11.6 Å². The van der Waals surface area contributed by atoms with Gasteiger partial charge in [-0.15, -0.1) is 0 Å². The number of para-hydroxylation sites is 1. The molecule has 0 radical (unpaired) electrons. The monoisotopic (exact) mass is 348 g/mol. The maximum atomic E-state index is 6.09. The number of hydrogen-bond acceptors (Lipinski definition) is 3. The summed E-state index contributed by atoms with van der Waals surface area (Å²) in [6.07, 6.45) is 1.95. The fourth-order valence-corrected chi connectivity index (χ4v) is 3.21. The first kappa shape index (κ1) is 15.7. The highest BCUT2D eigenvalue weighted by atomic mass is 35.5. The van der Waals surface area contributed by atoms with E-state index in [4.69, 9.17) is 11.6 Å². The zero-order valence-corrected chi connectivity index (χ0v) is 14.2. The van der Waals surface area contributed by atoms with Crippen LogP contribution in [0.2, 0.25) is 5.28 Å². The molecule has 2 aromatic heterocycles. The molecule has 0 saturated carbocycles. The Morgan fingerprint density at radius 1 is 0.920 bits per heavy atom. The lowest BCUT2D eigenvalue weighted by molar-refractivity contribution is 0.822. The van der Waals surface area contributed by atoms with Crippen molar-refractivity contribution in [3.8, 4) is 0 Å². The number of fused-ring (bicyclic) bond motifs is 1. The van der Waals surface area contributed by atoms with E-state index in [2.05, 4.69) is 50.6 Å². The van der Waals surface area contributed by atoms with Gasteiger partial charge in [-0.25, -0.2) is 9.97 Å². The molecule has 4 nitrogen and oxygen atoms in total. The molecule has 0 aliphatic rings. The highest BCUT2D eigenvalue weighted by Gasteiger charge is 2.16. The highest BCUT2D eigenvalue weighted by Crippen LogP contribution is 2.26. The lowest BCUT2D eigenvalue weighted by Crippen LogP contribution is -2.15. The Hall–Kier alpha value is -2.85. The van der Waals surface area contributed by atoms with Crippen LogP contribution in [0.5, 0.6) is 0 Å². The summed E-state index contributed by atoms with van der Waals surface area (Å²) >= 11 is 6.09. The van der Waals surface area contributed by atoms with Crippen LogP contribution in [0.1, 0.15) is 17.2 Å². The molecule has 0 aliphatic heterocycles. The van der Waals surface area contributed by atoms with Gasteiger partial charge >= 0.3 is 0 Å². The molecular weight excluding hydrogens is 332 g/mol. The number of aromatic amines is 1. The molecule has 0 amide bonds. The summed E-state index contributed by atoms with van der Waals surface area (Å²) in [5.41, 5.74) is 3.23. The molecule has 4 rings (SSSR count). The molecule has 0 saturated heterocycles. The summed E-state index contributed by atoms with van der Waals surface area (Å²) in [4.78, 5) is 12.0. The van der Waals surface area contributed by atoms with Crippen molar-refractivity contribution >= 4 is 28.3 Å². The predicted octanol–water partition coefficient (Wildman–Crippen LogP) is 4.86. The van der Waals surface area contributed by atoms with Gasteiger partial charge in [0.15, 0.2) is 0 Å². The van der Waals surface area contributed by atoms with E-state index in [9.17, 15) is 0 Å². The summed E-state index contributed by atoms with van der Waals surface area (Å²) in [6.45, 7) is 0.696. The van der Waals surface area contributed by atoms with Gasteiger partial charge in [0.25, 0.3) is 0 Å². The molecule has 2 N–H and O–H groups in total. The number of halogens is 1.